The largest absolute Gasteiger partial charge is 0.349 e. The molecule has 0 saturated heterocycles. The predicted molar refractivity (Wildman–Crippen MR) is 101 cm³/mol. The Morgan fingerprint density at radius 1 is 1.12 bits per heavy atom. The first kappa shape index (κ1) is 19.6. The van der Waals surface area contributed by atoms with Crippen molar-refractivity contribution in [2.45, 2.75) is 38.1 Å². The van der Waals surface area contributed by atoms with Gasteiger partial charge in [-0.2, -0.15) is 0 Å². The number of amides is 1. The van der Waals surface area contributed by atoms with Crippen LogP contribution in [-0.4, -0.2) is 26.9 Å². The monoisotopic (exact) mass is 380 g/mol. The molecule has 0 bridgehead atoms. The molecular formula is C18H24N2O3S2. The Hall–Kier alpha value is -1.70. The highest BCUT2D eigenvalue weighted by Gasteiger charge is 2.16. The molecule has 0 fully saturated rings. The van der Waals surface area contributed by atoms with Gasteiger partial charge in [0.1, 0.15) is 0 Å². The highest BCUT2D eigenvalue weighted by atomic mass is 32.2. The lowest BCUT2D eigenvalue weighted by molar-refractivity contribution is 0.0930. The van der Waals surface area contributed by atoms with E-state index >= 15 is 0 Å². The standard InChI is InChI=1S/C18H24N2O3S2/c1-13(2)14(3)20-18(21)15-6-8-17(9-7-15)25(22,23)19-11-10-16-5-4-12-24-16/h4-9,12-14,19H,10-11H2,1-3H3,(H,20,21). The lowest BCUT2D eigenvalue weighted by Gasteiger charge is -2.17. The average molecular weight is 381 g/mol. The van der Waals surface area contributed by atoms with E-state index < -0.39 is 10.0 Å². The van der Waals surface area contributed by atoms with E-state index in [-0.39, 0.29) is 16.8 Å². The van der Waals surface area contributed by atoms with E-state index in [9.17, 15) is 13.2 Å². The lowest BCUT2D eigenvalue weighted by Crippen LogP contribution is -2.36. The molecular weight excluding hydrogens is 356 g/mol. The number of rotatable bonds is 8. The summed E-state index contributed by atoms with van der Waals surface area (Å²) in [5, 5.41) is 4.87. The van der Waals surface area contributed by atoms with Crippen molar-refractivity contribution < 1.29 is 13.2 Å². The fourth-order valence-corrected chi connectivity index (χ4v) is 3.83. The van der Waals surface area contributed by atoms with Crippen LogP contribution >= 0.6 is 11.3 Å². The van der Waals surface area contributed by atoms with E-state index in [0.29, 0.717) is 24.4 Å². The SMILES string of the molecule is CC(C)C(C)NC(=O)c1ccc(S(=O)(=O)NCCc2cccs2)cc1. The third-order valence-electron chi connectivity index (χ3n) is 4.03. The van der Waals surface area contributed by atoms with Gasteiger partial charge in [0.25, 0.3) is 5.91 Å². The van der Waals surface area contributed by atoms with Crippen LogP contribution in [-0.2, 0) is 16.4 Å². The van der Waals surface area contributed by atoms with Gasteiger partial charge in [0, 0.05) is 23.0 Å². The van der Waals surface area contributed by atoms with Gasteiger partial charge in [0.05, 0.1) is 4.90 Å². The van der Waals surface area contributed by atoms with Crippen LogP contribution in [0.25, 0.3) is 0 Å². The molecule has 0 saturated carbocycles. The molecule has 0 spiro atoms. The molecule has 25 heavy (non-hydrogen) atoms. The summed E-state index contributed by atoms with van der Waals surface area (Å²) in [6.07, 6.45) is 0.657. The topological polar surface area (TPSA) is 75.3 Å². The summed E-state index contributed by atoms with van der Waals surface area (Å²) in [4.78, 5) is 13.4. The van der Waals surface area contributed by atoms with Gasteiger partial charge in [-0.1, -0.05) is 19.9 Å². The van der Waals surface area contributed by atoms with Crippen molar-refractivity contribution in [2.75, 3.05) is 6.54 Å². The molecule has 1 aromatic heterocycles. The summed E-state index contributed by atoms with van der Waals surface area (Å²) < 4.78 is 27.2. The number of carbonyl (C=O) groups is 1. The molecule has 1 unspecified atom stereocenters. The Morgan fingerprint density at radius 2 is 1.80 bits per heavy atom. The molecule has 5 nitrogen and oxygen atoms in total. The van der Waals surface area contributed by atoms with Gasteiger partial charge < -0.3 is 5.32 Å². The van der Waals surface area contributed by atoms with E-state index in [1.807, 2.05) is 38.3 Å². The van der Waals surface area contributed by atoms with Gasteiger partial charge in [0.2, 0.25) is 10.0 Å². The molecule has 0 aliphatic carbocycles. The number of sulfonamides is 1. The Labute approximate surface area is 153 Å². The second-order valence-electron chi connectivity index (χ2n) is 6.26. The lowest BCUT2D eigenvalue weighted by atomic mass is 10.1. The Bertz CT molecular complexity index is 782. The maximum atomic E-state index is 12.3. The van der Waals surface area contributed by atoms with Crippen LogP contribution < -0.4 is 10.0 Å². The molecule has 1 heterocycles. The van der Waals surface area contributed by atoms with Crippen LogP contribution in [0.4, 0.5) is 0 Å². The minimum atomic E-state index is -3.57. The summed E-state index contributed by atoms with van der Waals surface area (Å²) in [7, 11) is -3.57. The highest BCUT2D eigenvalue weighted by molar-refractivity contribution is 7.89. The maximum absolute atomic E-state index is 12.3. The van der Waals surface area contributed by atoms with Gasteiger partial charge in [-0.05, 0) is 55.0 Å². The maximum Gasteiger partial charge on any atom is 0.251 e. The van der Waals surface area contributed by atoms with Gasteiger partial charge in [0.15, 0.2) is 0 Å². The van der Waals surface area contributed by atoms with Gasteiger partial charge in [-0.3, -0.25) is 4.79 Å². The van der Waals surface area contributed by atoms with Crippen LogP contribution in [0.2, 0.25) is 0 Å². The van der Waals surface area contributed by atoms with E-state index in [4.69, 9.17) is 0 Å². The first-order valence-electron chi connectivity index (χ1n) is 8.22. The summed E-state index contributed by atoms with van der Waals surface area (Å²) in [5.74, 6) is 0.131. The summed E-state index contributed by atoms with van der Waals surface area (Å²) >= 11 is 1.60. The predicted octanol–water partition coefficient (Wildman–Crippen LogP) is 3.04. The molecule has 2 rings (SSSR count). The number of carbonyl (C=O) groups excluding carboxylic acids is 1. The molecule has 2 N–H and O–H groups in total. The van der Waals surface area contributed by atoms with Crippen LogP contribution in [0.5, 0.6) is 0 Å². The van der Waals surface area contributed by atoms with Gasteiger partial charge >= 0.3 is 0 Å². The number of hydrogen-bond donors (Lipinski definition) is 2. The van der Waals surface area contributed by atoms with Crippen molar-refractivity contribution in [3.05, 3.63) is 52.2 Å². The minimum Gasteiger partial charge on any atom is -0.349 e. The Balaban J connectivity index is 1.96. The summed E-state index contributed by atoms with van der Waals surface area (Å²) in [5.41, 5.74) is 0.449. The third kappa shape index (κ3) is 5.66. The fraction of sp³-hybridized carbons (Fsp3) is 0.389. The van der Waals surface area contributed by atoms with Gasteiger partial charge in [-0.15, -0.1) is 11.3 Å². The second-order valence-corrected chi connectivity index (χ2v) is 9.06. The molecule has 136 valence electrons. The summed E-state index contributed by atoms with van der Waals surface area (Å²) in [6, 6.07) is 9.97. The number of thiophene rings is 1. The zero-order chi connectivity index (χ0) is 18.4. The normalized spacial score (nSPS) is 13.0. The molecule has 0 radical (unpaired) electrons. The fourth-order valence-electron chi connectivity index (χ4n) is 2.09. The molecule has 7 heteroatoms. The van der Waals surface area contributed by atoms with Gasteiger partial charge in [-0.25, -0.2) is 13.1 Å². The minimum absolute atomic E-state index is 0.0508. The van der Waals surface area contributed by atoms with E-state index in [2.05, 4.69) is 10.0 Å². The molecule has 1 atom stereocenters. The van der Waals surface area contributed by atoms with Crippen LogP contribution in [0, 0.1) is 5.92 Å². The quantitative estimate of drug-likeness (QED) is 0.739. The van der Waals surface area contributed by atoms with E-state index in [0.717, 1.165) is 4.88 Å². The zero-order valence-corrected chi connectivity index (χ0v) is 16.3. The second kappa shape index (κ2) is 8.60. The smallest absolute Gasteiger partial charge is 0.251 e. The molecule has 0 aliphatic rings. The van der Waals surface area contributed by atoms with Crippen molar-refractivity contribution >= 4 is 27.3 Å². The number of hydrogen-bond acceptors (Lipinski definition) is 4. The molecule has 1 aromatic carbocycles. The van der Waals surface area contributed by atoms with E-state index in [1.165, 1.54) is 24.3 Å². The first-order valence-corrected chi connectivity index (χ1v) is 10.6. The third-order valence-corrected chi connectivity index (χ3v) is 6.44. The molecule has 0 aliphatic heterocycles. The van der Waals surface area contributed by atoms with E-state index in [1.54, 1.807) is 11.3 Å². The van der Waals surface area contributed by atoms with Crippen LogP contribution in [0.1, 0.15) is 36.0 Å². The van der Waals surface area contributed by atoms with Crippen molar-refractivity contribution in [3.8, 4) is 0 Å². The van der Waals surface area contributed by atoms with Crippen LogP contribution in [0.15, 0.2) is 46.7 Å². The number of benzene rings is 1. The Kier molecular flexibility index (Phi) is 6.75. The highest BCUT2D eigenvalue weighted by Crippen LogP contribution is 2.13. The average Bonchev–Trinajstić information content (AvgIpc) is 3.08. The molecule has 1 amide bonds. The van der Waals surface area contributed by atoms with Crippen molar-refractivity contribution in [1.29, 1.82) is 0 Å². The first-order chi connectivity index (χ1) is 11.8. The summed E-state index contributed by atoms with van der Waals surface area (Å²) in [6.45, 7) is 6.35. The zero-order valence-electron chi connectivity index (χ0n) is 14.7. The van der Waals surface area contributed by atoms with Crippen molar-refractivity contribution in [3.63, 3.8) is 0 Å². The Morgan fingerprint density at radius 3 is 2.36 bits per heavy atom. The van der Waals surface area contributed by atoms with Crippen LogP contribution in [0.3, 0.4) is 0 Å². The van der Waals surface area contributed by atoms with Crippen molar-refractivity contribution in [2.24, 2.45) is 5.92 Å². The van der Waals surface area contributed by atoms with Crippen molar-refractivity contribution in [1.82, 2.24) is 10.0 Å². The number of nitrogens with one attached hydrogen (secondary N) is 2. The molecule has 2 aromatic rings.